The molecule has 0 saturated carbocycles. The summed E-state index contributed by atoms with van der Waals surface area (Å²) in [6.45, 7) is 14.8. The highest BCUT2D eigenvalue weighted by Gasteiger charge is 2.29. The molecule has 1 aliphatic rings. The summed E-state index contributed by atoms with van der Waals surface area (Å²) < 4.78 is 3.36. The van der Waals surface area contributed by atoms with Crippen LogP contribution in [0.1, 0.15) is 11.1 Å². The van der Waals surface area contributed by atoms with E-state index in [2.05, 4.69) is 74.1 Å². The molecule has 0 fully saturated rings. The van der Waals surface area contributed by atoms with Crippen molar-refractivity contribution in [3.8, 4) is 9.75 Å². The lowest BCUT2D eigenvalue weighted by Crippen LogP contribution is -2.35. The van der Waals surface area contributed by atoms with Crippen molar-refractivity contribution in [2.45, 2.75) is 52.1 Å². The number of hydrogen-bond donors (Lipinski definition) is 0. The minimum atomic E-state index is -1.17. The molecule has 0 bridgehead atoms. The van der Waals surface area contributed by atoms with E-state index in [9.17, 15) is 0 Å². The molecule has 0 aliphatic heterocycles. The van der Waals surface area contributed by atoms with E-state index in [4.69, 9.17) is 0 Å². The molecule has 0 unspecified atom stereocenters. The highest BCUT2D eigenvalue weighted by molar-refractivity contribution is 7.34. The maximum atomic E-state index is 2.53. The minimum Gasteiger partial charge on any atom is -0.144 e. The normalized spacial score (nSPS) is 15.1. The molecule has 0 atom stereocenters. The number of rotatable bonds is 2. The SMILES string of the molecule is C[Si](C)(C)c1cc2c(s1)-c1sc([Si](C)(C)C)cc1CC2. The van der Waals surface area contributed by atoms with Crippen LogP contribution in [0.4, 0.5) is 0 Å². The maximum absolute atomic E-state index is 2.53. The van der Waals surface area contributed by atoms with Crippen LogP contribution in [0.5, 0.6) is 0 Å². The van der Waals surface area contributed by atoms with E-state index >= 15 is 0 Å². The summed E-state index contributed by atoms with van der Waals surface area (Å²) in [4.78, 5) is 3.22. The van der Waals surface area contributed by atoms with E-state index in [1.54, 1.807) is 29.9 Å². The summed E-state index contributed by atoms with van der Waals surface area (Å²) >= 11 is 4.19. The van der Waals surface area contributed by atoms with Gasteiger partial charge in [-0.2, -0.15) is 0 Å². The Morgan fingerprint density at radius 2 is 1.05 bits per heavy atom. The highest BCUT2D eigenvalue weighted by atomic mass is 32.1. The van der Waals surface area contributed by atoms with Crippen LogP contribution in [0.2, 0.25) is 39.3 Å². The van der Waals surface area contributed by atoms with E-state index in [1.807, 2.05) is 0 Å². The standard InChI is InChI=1S/C16H24S2Si2/c1-19(2,3)13-9-11-7-8-12-10-14(20(4,5)6)18-16(12)15(11)17-13/h9-10H,7-8H2,1-6H3. The van der Waals surface area contributed by atoms with Gasteiger partial charge in [-0.05, 0) is 45.1 Å². The quantitative estimate of drug-likeness (QED) is 0.699. The third kappa shape index (κ3) is 2.51. The van der Waals surface area contributed by atoms with Gasteiger partial charge in [-0.15, -0.1) is 22.7 Å². The van der Waals surface area contributed by atoms with Gasteiger partial charge in [0.05, 0.1) is 16.1 Å². The third-order valence-corrected chi connectivity index (χ3v) is 13.6. The first kappa shape index (κ1) is 14.8. The topological polar surface area (TPSA) is 0 Å². The molecule has 0 aromatic carbocycles. The van der Waals surface area contributed by atoms with Crippen LogP contribution in [0.15, 0.2) is 12.1 Å². The molecule has 1 aliphatic carbocycles. The summed E-state index contributed by atoms with van der Waals surface area (Å²) in [7, 11) is -2.34. The molecule has 3 rings (SSSR count). The van der Waals surface area contributed by atoms with Crippen molar-refractivity contribution in [3.63, 3.8) is 0 Å². The van der Waals surface area contributed by atoms with Gasteiger partial charge in [0.15, 0.2) is 0 Å². The van der Waals surface area contributed by atoms with Crippen molar-refractivity contribution in [3.05, 3.63) is 23.3 Å². The Bertz CT molecular complexity index is 593. The van der Waals surface area contributed by atoms with E-state index in [0.717, 1.165) is 0 Å². The highest BCUT2D eigenvalue weighted by Crippen LogP contribution is 2.40. The first-order chi connectivity index (χ1) is 9.16. The molecule has 108 valence electrons. The fraction of sp³-hybridized carbons (Fsp3) is 0.500. The zero-order valence-corrected chi connectivity index (χ0v) is 17.0. The monoisotopic (exact) mass is 336 g/mol. The average molecular weight is 337 g/mol. The molecular formula is C16H24S2Si2. The molecule has 0 N–H and O–H groups in total. The van der Waals surface area contributed by atoms with Crippen LogP contribution in [0.25, 0.3) is 9.75 Å². The molecule has 20 heavy (non-hydrogen) atoms. The Hall–Kier alpha value is -0.166. The zero-order chi connectivity index (χ0) is 14.7. The average Bonchev–Trinajstić information content (AvgIpc) is 2.90. The van der Waals surface area contributed by atoms with Crippen molar-refractivity contribution in [2.75, 3.05) is 0 Å². The molecule has 2 aromatic heterocycles. The van der Waals surface area contributed by atoms with Crippen molar-refractivity contribution in [1.29, 1.82) is 0 Å². The van der Waals surface area contributed by atoms with Crippen molar-refractivity contribution in [2.24, 2.45) is 0 Å². The van der Waals surface area contributed by atoms with Crippen LogP contribution in [-0.4, -0.2) is 16.1 Å². The number of aryl methyl sites for hydroxylation is 2. The Labute approximate surface area is 132 Å². The van der Waals surface area contributed by atoms with Crippen molar-refractivity contribution >= 4 is 47.8 Å². The van der Waals surface area contributed by atoms with E-state index in [0.29, 0.717) is 0 Å². The zero-order valence-electron chi connectivity index (χ0n) is 13.4. The van der Waals surface area contributed by atoms with Crippen LogP contribution < -0.4 is 9.00 Å². The van der Waals surface area contributed by atoms with Crippen LogP contribution in [0.3, 0.4) is 0 Å². The van der Waals surface area contributed by atoms with Gasteiger partial charge in [-0.3, -0.25) is 0 Å². The van der Waals surface area contributed by atoms with Crippen molar-refractivity contribution < 1.29 is 0 Å². The summed E-state index contributed by atoms with van der Waals surface area (Å²) in [6.07, 6.45) is 2.51. The largest absolute Gasteiger partial charge is 0.144 e. The van der Waals surface area contributed by atoms with Gasteiger partial charge >= 0.3 is 0 Å². The van der Waals surface area contributed by atoms with Gasteiger partial charge in [-0.1, -0.05) is 39.3 Å². The van der Waals surface area contributed by atoms with Gasteiger partial charge in [0.2, 0.25) is 0 Å². The molecule has 0 nitrogen and oxygen atoms in total. The summed E-state index contributed by atoms with van der Waals surface area (Å²) in [5.41, 5.74) is 3.26. The molecule has 4 heteroatoms. The van der Waals surface area contributed by atoms with Crippen LogP contribution >= 0.6 is 22.7 Å². The Morgan fingerprint density at radius 1 is 0.700 bits per heavy atom. The van der Waals surface area contributed by atoms with Gasteiger partial charge in [0.25, 0.3) is 0 Å². The number of fused-ring (bicyclic) bond motifs is 3. The van der Waals surface area contributed by atoms with E-state index < -0.39 is 16.1 Å². The lowest BCUT2D eigenvalue weighted by Gasteiger charge is -2.12. The Morgan fingerprint density at radius 3 is 1.35 bits per heavy atom. The smallest absolute Gasteiger partial charge is 0.0904 e. The Balaban J connectivity index is 2.11. The van der Waals surface area contributed by atoms with E-state index in [1.165, 1.54) is 12.8 Å². The molecule has 2 heterocycles. The number of thiophene rings is 2. The fourth-order valence-corrected chi connectivity index (χ4v) is 9.02. The maximum Gasteiger partial charge on any atom is 0.0904 e. The predicted octanol–water partition coefficient (Wildman–Crippen LogP) is 4.67. The minimum absolute atomic E-state index is 1.17. The van der Waals surface area contributed by atoms with Crippen LogP contribution in [-0.2, 0) is 12.8 Å². The second kappa shape index (κ2) is 4.66. The van der Waals surface area contributed by atoms with Crippen molar-refractivity contribution in [1.82, 2.24) is 0 Å². The summed E-state index contributed by atoms with van der Waals surface area (Å²) in [5, 5.41) is 0. The van der Waals surface area contributed by atoms with Gasteiger partial charge in [-0.25, -0.2) is 0 Å². The third-order valence-electron chi connectivity index (χ3n) is 3.97. The Kier molecular flexibility index (Phi) is 3.44. The summed E-state index contributed by atoms with van der Waals surface area (Å²) in [5.74, 6) is 0. The fourth-order valence-electron chi connectivity index (χ4n) is 2.62. The molecular weight excluding hydrogens is 312 g/mol. The van der Waals surface area contributed by atoms with Crippen LogP contribution in [0, 0.1) is 0 Å². The lowest BCUT2D eigenvalue weighted by atomic mass is 9.98. The van der Waals surface area contributed by atoms with Gasteiger partial charge in [0.1, 0.15) is 0 Å². The second-order valence-electron chi connectivity index (χ2n) is 7.93. The predicted molar refractivity (Wildman–Crippen MR) is 101 cm³/mol. The molecule has 0 saturated heterocycles. The lowest BCUT2D eigenvalue weighted by molar-refractivity contribution is 0.959. The van der Waals surface area contributed by atoms with Gasteiger partial charge < -0.3 is 0 Å². The van der Waals surface area contributed by atoms with E-state index in [-0.39, 0.29) is 0 Å². The molecule has 0 radical (unpaired) electrons. The first-order valence-corrected chi connectivity index (χ1v) is 16.1. The molecule has 0 amide bonds. The molecule has 2 aromatic rings. The number of hydrogen-bond acceptors (Lipinski definition) is 2. The second-order valence-corrected chi connectivity index (χ2v) is 20.8. The van der Waals surface area contributed by atoms with Gasteiger partial charge in [0, 0.05) is 9.75 Å². The molecule has 0 spiro atoms. The summed E-state index contributed by atoms with van der Waals surface area (Å²) in [6, 6.07) is 5.06. The first-order valence-electron chi connectivity index (χ1n) is 7.43.